The van der Waals surface area contributed by atoms with Gasteiger partial charge in [-0.1, -0.05) is 51.0 Å². The minimum Gasteiger partial charge on any atom is -0.359 e. The molecule has 6 nitrogen and oxygen atoms in total. The van der Waals surface area contributed by atoms with Crippen LogP contribution < -0.4 is 15.5 Å². The molecule has 1 heterocycles. The SMILES string of the molecule is Cc1ccc(N2C(=O)Nc3ccccc3C2(O)C(=O)NC2CCCC(C)C2C)cc1C. The molecule has 1 fully saturated rings. The molecule has 0 saturated heterocycles. The van der Waals surface area contributed by atoms with Crippen molar-refractivity contribution >= 4 is 23.3 Å². The van der Waals surface area contributed by atoms with Crippen LogP contribution in [0.1, 0.15) is 49.8 Å². The van der Waals surface area contributed by atoms with Gasteiger partial charge >= 0.3 is 6.03 Å². The lowest BCUT2D eigenvalue weighted by atomic mass is 9.78. The van der Waals surface area contributed by atoms with Crippen LogP contribution in [0, 0.1) is 25.7 Å². The minimum absolute atomic E-state index is 0.0426. The highest BCUT2D eigenvalue weighted by atomic mass is 16.3. The number of carbonyl (C=O) groups excluding carboxylic acids is 2. The van der Waals surface area contributed by atoms with Gasteiger partial charge in [-0.2, -0.15) is 0 Å². The normalized spacial score (nSPS) is 28.0. The zero-order valence-corrected chi connectivity index (χ0v) is 18.6. The van der Waals surface area contributed by atoms with Gasteiger partial charge in [0, 0.05) is 17.3 Å². The summed E-state index contributed by atoms with van der Waals surface area (Å²) in [5.74, 6) is 0.217. The first-order valence-electron chi connectivity index (χ1n) is 11.0. The van der Waals surface area contributed by atoms with Gasteiger partial charge < -0.3 is 15.7 Å². The number of aryl methyl sites for hydroxylation is 2. The number of anilines is 2. The van der Waals surface area contributed by atoms with E-state index < -0.39 is 17.7 Å². The molecule has 4 unspecified atom stereocenters. The predicted molar refractivity (Wildman–Crippen MR) is 122 cm³/mol. The van der Waals surface area contributed by atoms with E-state index in [4.69, 9.17) is 0 Å². The molecule has 4 rings (SSSR count). The molecule has 0 bridgehead atoms. The van der Waals surface area contributed by atoms with Crippen LogP contribution in [0.25, 0.3) is 0 Å². The number of hydrogen-bond donors (Lipinski definition) is 3. The molecular weight excluding hydrogens is 390 g/mol. The number of nitrogens with zero attached hydrogens (tertiary/aromatic N) is 1. The first-order chi connectivity index (χ1) is 14.7. The van der Waals surface area contributed by atoms with Crippen molar-refractivity contribution in [1.82, 2.24) is 5.32 Å². The number of aliphatic hydroxyl groups is 1. The number of urea groups is 1. The van der Waals surface area contributed by atoms with Crippen LogP contribution in [0.4, 0.5) is 16.2 Å². The van der Waals surface area contributed by atoms with E-state index in [1.54, 1.807) is 30.3 Å². The zero-order valence-electron chi connectivity index (χ0n) is 18.6. The van der Waals surface area contributed by atoms with E-state index in [0.717, 1.165) is 30.4 Å². The summed E-state index contributed by atoms with van der Waals surface area (Å²) in [4.78, 5) is 28.0. The molecule has 2 aromatic rings. The molecule has 3 N–H and O–H groups in total. The topological polar surface area (TPSA) is 81.7 Å². The van der Waals surface area contributed by atoms with Crippen molar-refractivity contribution in [1.29, 1.82) is 0 Å². The van der Waals surface area contributed by atoms with E-state index in [1.165, 1.54) is 4.90 Å². The Morgan fingerprint density at radius 3 is 2.61 bits per heavy atom. The summed E-state index contributed by atoms with van der Waals surface area (Å²) in [6.07, 6.45) is 3.04. The summed E-state index contributed by atoms with van der Waals surface area (Å²) in [6, 6.07) is 11.8. The maximum Gasteiger partial charge on any atom is 0.329 e. The number of benzene rings is 2. The molecule has 0 aromatic heterocycles. The minimum atomic E-state index is -2.15. The average Bonchev–Trinajstić information content (AvgIpc) is 2.74. The van der Waals surface area contributed by atoms with E-state index >= 15 is 0 Å². The fraction of sp³-hybridized carbons (Fsp3) is 0.440. The number of amides is 3. The third kappa shape index (κ3) is 3.59. The van der Waals surface area contributed by atoms with E-state index in [2.05, 4.69) is 24.5 Å². The molecule has 164 valence electrons. The number of fused-ring (bicyclic) bond motifs is 1. The summed E-state index contributed by atoms with van der Waals surface area (Å²) in [5, 5.41) is 17.9. The Bertz CT molecular complexity index is 1020. The Labute approximate surface area is 183 Å². The van der Waals surface area contributed by atoms with Gasteiger partial charge in [0.15, 0.2) is 0 Å². The number of carbonyl (C=O) groups is 2. The van der Waals surface area contributed by atoms with Crippen LogP contribution in [0.2, 0.25) is 0 Å². The van der Waals surface area contributed by atoms with Crippen molar-refractivity contribution < 1.29 is 14.7 Å². The molecule has 1 saturated carbocycles. The molecule has 2 aromatic carbocycles. The fourth-order valence-electron chi connectivity index (χ4n) is 4.78. The summed E-state index contributed by atoms with van der Waals surface area (Å²) in [7, 11) is 0. The van der Waals surface area contributed by atoms with Crippen molar-refractivity contribution in [3.05, 3.63) is 59.2 Å². The average molecular weight is 422 g/mol. The summed E-state index contributed by atoms with van der Waals surface area (Å²) < 4.78 is 0. The zero-order chi connectivity index (χ0) is 22.3. The molecule has 0 spiro atoms. The molecule has 6 heteroatoms. The predicted octanol–water partition coefficient (Wildman–Crippen LogP) is 4.44. The Balaban J connectivity index is 1.79. The van der Waals surface area contributed by atoms with Crippen molar-refractivity contribution in [3.63, 3.8) is 0 Å². The van der Waals surface area contributed by atoms with Gasteiger partial charge in [-0.25, -0.2) is 4.79 Å². The Hall–Kier alpha value is -2.86. The van der Waals surface area contributed by atoms with Gasteiger partial charge in [-0.05, 0) is 61.4 Å². The molecule has 3 amide bonds. The van der Waals surface area contributed by atoms with Gasteiger partial charge in [0.1, 0.15) is 0 Å². The number of para-hydroxylation sites is 1. The van der Waals surface area contributed by atoms with Crippen molar-refractivity contribution in [3.8, 4) is 0 Å². The molecule has 31 heavy (non-hydrogen) atoms. The highest BCUT2D eigenvalue weighted by Gasteiger charge is 2.52. The van der Waals surface area contributed by atoms with Crippen LogP contribution >= 0.6 is 0 Å². The van der Waals surface area contributed by atoms with E-state index in [-0.39, 0.29) is 6.04 Å². The van der Waals surface area contributed by atoms with E-state index in [0.29, 0.717) is 28.8 Å². The summed E-state index contributed by atoms with van der Waals surface area (Å²) in [6.45, 7) is 8.26. The standard InChI is InChI=1S/C25H31N3O3/c1-15-12-13-19(14-17(15)3)28-24(30)27-22-10-6-5-9-20(22)25(28,31)23(29)26-21-11-7-8-16(2)18(21)4/h5-6,9-10,12-14,16,18,21,31H,7-8,11H2,1-4H3,(H,26,29)(H,27,30). The molecule has 4 atom stereocenters. The Kier molecular flexibility index (Phi) is 5.52. The Morgan fingerprint density at radius 1 is 1.13 bits per heavy atom. The lowest BCUT2D eigenvalue weighted by Gasteiger charge is -2.44. The lowest BCUT2D eigenvalue weighted by molar-refractivity contribution is -0.141. The maximum atomic E-state index is 13.7. The highest BCUT2D eigenvalue weighted by molar-refractivity contribution is 6.11. The van der Waals surface area contributed by atoms with Crippen molar-refractivity contribution in [2.45, 2.75) is 58.7 Å². The van der Waals surface area contributed by atoms with Gasteiger partial charge in [0.2, 0.25) is 0 Å². The number of hydrogen-bond acceptors (Lipinski definition) is 3. The first-order valence-corrected chi connectivity index (χ1v) is 11.0. The van der Waals surface area contributed by atoms with Crippen LogP contribution in [0.5, 0.6) is 0 Å². The second-order valence-electron chi connectivity index (χ2n) is 9.10. The van der Waals surface area contributed by atoms with Crippen LogP contribution in [0.3, 0.4) is 0 Å². The quantitative estimate of drug-likeness (QED) is 0.685. The molecular formula is C25H31N3O3. The van der Waals surface area contributed by atoms with E-state index in [9.17, 15) is 14.7 Å². The third-order valence-corrected chi connectivity index (χ3v) is 7.16. The van der Waals surface area contributed by atoms with Gasteiger partial charge in [0.25, 0.3) is 11.6 Å². The first kappa shape index (κ1) is 21.4. The fourth-order valence-corrected chi connectivity index (χ4v) is 4.78. The number of nitrogens with one attached hydrogen (secondary N) is 2. The second-order valence-corrected chi connectivity index (χ2v) is 9.10. The van der Waals surface area contributed by atoms with Gasteiger partial charge in [0.05, 0.1) is 5.69 Å². The molecule has 2 aliphatic rings. The maximum absolute atomic E-state index is 13.7. The van der Waals surface area contributed by atoms with Crippen LogP contribution in [-0.4, -0.2) is 23.1 Å². The Morgan fingerprint density at radius 2 is 1.87 bits per heavy atom. The number of rotatable bonds is 3. The summed E-state index contributed by atoms with van der Waals surface area (Å²) in [5.41, 5.74) is 1.16. The lowest BCUT2D eigenvalue weighted by Crippen LogP contribution is -2.64. The second kappa shape index (κ2) is 8.00. The van der Waals surface area contributed by atoms with Crippen LogP contribution in [-0.2, 0) is 10.5 Å². The van der Waals surface area contributed by atoms with Crippen molar-refractivity contribution in [2.24, 2.45) is 11.8 Å². The highest BCUT2D eigenvalue weighted by Crippen LogP contribution is 2.41. The largest absolute Gasteiger partial charge is 0.359 e. The molecule has 1 aliphatic carbocycles. The van der Waals surface area contributed by atoms with Crippen LogP contribution in [0.15, 0.2) is 42.5 Å². The summed E-state index contributed by atoms with van der Waals surface area (Å²) >= 11 is 0. The van der Waals surface area contributed by atoms with E-state index in [1.807, 2.05) is 26.0 Å². The third-order valence-electron chi connectivity index (χ3n) is 7.16. The van der Waals surface area contributed by atoms with Crippen molar-refractivity contribution in [2.75, 3.05) is 10.2 Å². The monoisotopic (exact) mass is 421 g/mol. The molecule has 1 aliphatic heterocycles. The smallest absolute Gasteiger partial charge is 0.329 e. The van der Waals surface area contributed by atoms with Gasteiger partial charge in [-0.15, -0.1) is 0 Å². The van der Waals surface area contributed by atoms with Gasteiger partial charge in [-0.3, -0.25) is 9.69 Å². The molecule has 0 radical (unpaired) electrons.